The second-order valence-electron chi connectivity index (χ2n) is 8.50. The van der Waals surface area contributed by atoms with Crippen molar-refractivity contribution < 1.29 is 27.4 Å². The van der Waals surface area contributed by atoms with E-state index in [1.807, 2.05) is 24.3 Å². The Kier molecular flexibility index (Phi) is 5.51. The van der Waals surface area contributed by atoms with Gasteiger partial charge in [-0.25, -0.2) is 0 Å². The van der Waals surface area contributed by atoms with Gasteiger partial charge in [-0.15, -0.1) is 13.2 Å². The number of alkyl halides is 3. The Morgan fingerprint density at radius 2 is 1.94 bits per heavy atom. The summed E-state index contributed by atoms with van der Waals surface area (Å²) in [5.41, 5.74) is 1.89. The highest BCUT2D eigenvalue weighted by Gasteiger charge is 2.48. The average molecular weight is 446 g/mol. The Morgan fingerprint density at radius 3 is 2.69 bits per heavy atom. The molecule has 3 aliphatic heterocycles. The fraction of sp³-hybridized carbons (Fsp3) is 0.417. The van der Waals surface area contributed by atoms with Gasteiger partial charge in [0.05, 0.1) is 23.9 Å². The number of piperidine rings is 1. The zero-order chi connectivity index (χ0) is 22.2. The first-order valence-electron chi connectivity index (χ1n) is 10.8. The monoisotopic (exact) mass is 446 g/mol. The molecule has 0 unspecified atom stereocenters. The lowest BCUT2D eigenvalue weighted by molar-refractivity contribution is -0.274. The lowest BCUT2D eigenvalue weighted by Gasteiger charge is -2.41. The van der Waals surface area contributed by atoms with E-state index in [4.69, 9.17) is 9.47 Å². The third-order valence-corrected chi connectivity index (χ3v) is 6.49. The van der Waals surface area contributed by atoms with Crippen molar-refractivity contribution in [2.75, 3.05) is 24.8 Å². The van der Waals surface area contributed by atoms with E-state index >= 15 is 0 Å². The molecular weight excluding hydrogens is 421 g/mol. The molecule has 2 saturated heterocycles. The Balaban J connectivity index is 1.43. The molecule has 5 rings (SSSR count). The van der Waals surface area contributed by atoms with Gasteiger partial charge in [-0.3, -0.25) is 0 Å². The predicted octanol–water partition coefficient (Wildman–Crippen LogP) is 5.22. The van der Waals surface area contributed by atoms with Crippen LogP contribution in [-0.4, -0.2) is 31.8 Å². The summed E-state index contributed by atoms with van der Waals surface area (Å²) in [6.07, 6.45) is 0.895. The maximum absolute atomic E-state index is 13.1. The summed E-state index contributed by atoms with van der Waals surface area (Å²) in [6.45, 7) is 1.52. The maximum atomic E-state index is 13.1. The topological polar surface area (TPSA) is 43.0 Å². The van der Waals surface area contributed by atoms with E-state index in [-0.39, 0.29) is 30.0 Å². The van der Waals surface area contributed by atoms with Gasteiger partial charge in [0.1, 0.15) is 6.26 Å². The fourth-order valence-electron chi connectivity index (χ4n) is 5.08. The van der Waals surface area contributed by atoms with Crippen LogP contribution in [0.1, 0.15) is 42.3 Å². The molecule has 3 atom stereocenters. The Labute approximate surface area is 184 Å². The summed E-state index contributed by atoms with van der Waals surface area (Å²) in [7, 11) is 0. The molecule has 2 aromatic carbocycles. The van der Waals surface area contributed by atoms with Crippen LogP contribution >= 0.6 is 0 Å². The van der Waals surface area contributed by atoms with Gasteiger partial charge in [0.15, 0.2) is 12.5 Å². The number of halogens is 3. The molecule has 0 amide bonds. The van der Waals surface area contributed by atoms with Gasteiger partial charge >= 0.3 is 6.36 Å². The first-order chi connectivity index (χ1) is 15.4. The van der Waals surface area contributed by atoms with Gasteiger partial charge < -0.3 is 24.4 Å². The number of rotatable bonds is 4. The Hall–Kier alpha value is -2.71. The minimum atomic E-state index is -4.78. The van der Waals surface area contributed by atoms with Crippen LogP contribution < -0.4 is 15.0 Å². The fourth-order valence-corrected chi connectivity index (χ4v) is 5.08. The van der Waals surface area contributed by atoms with Gasteiger partial charge in [-0.05, 0) is 49.1 Å². The number of nitrogens with one attached hydrogen (secondary N) is 1. The van der Waals surface area contributed by atoms with Crippen LogP contribution in [0.15, 0.2) is 61.0 Å². The molecule has 1 spiro atoms. The summed E-state index contributed by atoms with van der Waals surface area (Å²) in [6, 6.07) is 15.3. The molecule has 3 aliphatic rings. The molecule has 0 aliphatic carbocycles. The molecule has 0 radical (unpaired) electrons. The van der Waals surface area contributed by atoms with Crippen LogP contribution in [-0.2, 0) is 9.47 Å². The number of benzene rings is 2. The molecule has 32 heavy (non-hydrogen) atoms. The number of hydrogen-bond acceptors (Lipinski definition) is 5. The van der Waals surface area contributed by atoms with Crippen molar-refractivity contribution in [3.63, 3.8) is 0 Å². The second-order valence-corrected chi connectivity index (χ2v) is 8.50. The highest BCUT2D eigenvalue weighted by Crippen LogP contribution is 2.49. The quantitative estimate of drug-likeness (QED) is 0.698. The van der Waals surface area contributed by atoms with E-state index in [9.17, 15) is 13.2 Å². The lowest BCUT2D eigenvalue weighted by Crippen LogP contribution is -2.48. The zero-order valence-electron chi connectivity index (χ0n) is 17.5. The van der Waals surface area contributed by atoms with E-state index in [1.165, 1.54) is 17.9 Å². The number of nitrogens with zero attached hydrogens (tertiary/aromatic N) is 1. The van der Waals surface area contributed by atoms with Crippen molar-refractivity contribution in [2.24, 2.45) is 0 Å². The van der Waals surface area contributed by atoms with Crippen molar-refractivity contribution in [1.82, 2.24) is 5.32 Å². The summed E-state index contributed by atoms with van der Waals surface area (Å²) in [4.78, 5) is 1.58. The van der Waals surface area contributed by atoms with Crippen molar-refractivity contribution in [3.8, 4) is 5.75 Å². The van der Waals surface area contributed by atoms with Crippen LogP contribution in [0, 0.1) is 0 Å². The van der Waals surface area contributed by atoms with Gasteiger partial charge in [-0.2, -0.15) is 0 Å². The summed E-state index contributed by atoms with van der Waals surface area (Å²) < 4.78 is 55.3. The third-order valence-electron chi connectivity index (χ3n) is 6.49. The molecule has 170 valence electrons. The molecular formula is C24H25F3N2O3. The molecule has 0 bridgehead atoms. The van der Waals surface area contributed by atoms with Crippen molar-refractivity contribution in [1.29, 1.82) is 0 Å². The predicted molar refractivity (Wildman–Crippen MR) is 113 cm³/mol. The SMILES string of the molecule is FC(F)(F)Oc1cc([C@@H]2CO[C@]3(CCCN[C@H]3c3ccccc3)C2)ccc1N1C=COC1. The Bertz CT molecular complexity index is 982. The third kappa shape index (κ3) is 4.17. The van der Waals surface area contributed by atoms with Crippen molar-refractivity contribution >= 4 is 5.69 Å². The summed E-state index contributed by atoms with van der Waals surface area (Å²) in [5.74, 6) is -0.247. The molecule has 1 N–H and O–H groups in total. The minimum absolute atomic E-state index is 0.0175. The average Bonchev–Trinajstić information content (AvgIpc) is 3.45. The van der Waals surface area contributed by atoms with E-state index in [0.717, 1.165) is 31.4 Å². The molecule has 0 aromatic heterocycles. The molecule has 3 heterocycles. The normalized spacial score (nSPS) is 27.7. The lowest BCUT2D eigenvalue weighted by atomic mass is 9.77. The smallest absolute Gasteiger partial charge is 0.479 e. The van der Waals surface area contributed by atoms with Crippen LogP contribution in [0.25, 0.3) is 0 Å². The van der Waals surface area contributed by atoms with E-state index in [1.54, 1.807) is 17.2 Å². The maximum Gasteiger partial charge on any atom is 0.573 e. The highest BCUT2D eigenvalue weighted by atomic mass is 19.4. The first-order valence-corrected chi connectivity index (χ1v) is 10.8. The van der Waals surface area contributed by atoms with E-state index in [2.05, 4.69) is 22.2 Å². The van der Waals surface area contributed by atoms with Gasteiger partial charge in [0.25, 0.3) is 0 Å². The Morgan fingerprint density at radius 1 is 1.09 bits per heavy atom. The standard InChI is InChI=1S/C24H25F3N2O3/c25-24(26,27)32-21-13-18(7-8-20(21)29-11-12-30-16-29)19-14-23(31-15-19)9-4-10-28-22(23)17-5-2-1-3-6-17/h1-3,5-8,11-13,19,22,28H,4,9-10,14-16H2/t19-,22-,23+/m0/s1. The first kappa shape index (κ1) is 21.2. The van der Waals surface area contributed by atoms with Crippen molar-refractivity contribution in [2.45, 2.75) is 43.2 Å². The number of hydrogen-bond donors (Lipinski definition) is 1. The molecule has 2 aromatic rings. The highest BCUT2D eigenvalue weighted by molar-refractivity contribution is 5.62. The van der Waals surface area contributed by atoms with E-state index < -0.39 is 6.36 Å². The van der Waals surface area contributed by atoms with Gasteiger partial charge in [0.2, 0.25) is 0 Å². The molecule has 8 heteroatoms. The number of anilines is 1. The van der Waals surface area contributed by atoms with Crippen LogP contribution in [0.3, 0.4) is 0 Å². The number of ether oxygens (including phenoxy) is 3. The van der Waals surface area contributed by atoms with Crippen LogP contribution in [0.2, 0.25) is 0 Å². The minimum Gasteiger partial charge on any atom is -0.479 e. The summed E-state index contributed by atoms with van der Waals surface area (Å²) >= 11 is 0. The van der Waals surface area contributed by atoms with Crippen LogP contribution in [0.4, 0.5) is 18.9 Å². The second kappa shape index (κ2) is 8.33. The zero-order valence-corrected chi connectivity index (χ0v) is 17.5. The van der Waals surface area contributed by atoms with Gasteiger partial charge in [-0.1, -0.05) is 36.4 Å². The van der Waals surface area contributed by atoms with E-state index in [0.29, 0.717) is 12.3 Å². The summed E-state index contributed by atoms with van der Waals surface area (Å²) in [5, 5.41) is 3.60. The molecule has 5 nitrogen and oxygen atoms in total. The van der Waals surface area contributed by atoms with Gasteiger partial charge in [0, 0.05) is 12.1 Å². The van der Waals surface area contributed by atoms with Crippen molar-refractivity contribution in [3.05, 3.63) is 72.1 Å². The molecule has 0 saturated carbocycles. The largest absolute Gasteiger partial charge is 0.573 e. The van der Waals surface area contributed by atoms with Crippen LogP contribution in [0.5, 0.6) is 5.75 Å². The molecule has 2 fully saturated rings.